The molecule has 0 spiro atoms. The van der Waals surface area contributed by atoms with Crippen molar-refractivity contribution in [1.82, 2.24) is 0 Å². The first kappa shape index (κ1) is 9.56. The summed E-state index contributed by atoms with van der Waals surface area (Å²) in [7, 11) is 0. The minimum Gasteiger partial charge on any atom is -0.0875 e. The van der Waals surface area contributed by atoms with E-state index in [0.29, 0.717) is 0 Å². The van der Waals surface area contributed by atoms with E-state index >= 15 is 0 Å². The van der Waals surface area contributed by atoms with Crippen LogP contribution in [0.15, 0.2) is 12.2 Å². The fourth-order valence-electron chi connectivity index (χ4n) is 1.77. The Hall–Kier alpha value is 0.470. The first-order valence-electron chi connectivity index (χ1n) is 4.64. The highest BCUT2D eigenvalue weighted by Crippen LogP contribution is 2.26. The molecule has 1 aliphatic rings. The lowest BCUT2D eigenvalue weighted by Gasteiger charge is -2.19. The van der Waals surface area contributed by atoms with Gasteiger partial charge in [-0.15, -0.1) is 0 Å². The number of alkyl halides is 1. The quantitative estimate of drug-likeness (QED) is 0.411. The zero-order chi connectivity index (χ0) is 7.94. The van der Waals surface area contributed by atoms with Gasteiger partial charge in [0, 0.05) is 4.43 Å². The second kappa shape index (κ2) is 6.04. The van der Waals surface area contributed by atoms with E-state index < -0.39 is 0 Å². The summed E-state index contributed by atoms with van der Waals surface area (Å²) in [6.45, 7) is 0. The van der Waals surface area contributed by atoms with Gasteiger partial charge >= 0.3 is 0 Å². The molecule has 0 unspecified atom stereocenters. The summed E-state index contributed by atoms with van der Waals surface area (Å²) in [6, 6.07) is 0. The largest absolute Gasteiger partial charge is 0.0875 e. The Kier molecular flexibility index (Phi) is 5.25. The monoisotopic (exact) mass is 264 g/mol. The van der Waals surface area contributed by atoms with Crippen molar-refractivity contribution < 1.29 is 0 Å². The highest BCUT2D eigenvalue weighted by molar-refractivity contribution is 14.1. The van der Waals surface area contributed by atoms with Gasteiger partial charge in [0.05, 0.1) is 0 Å². The molecule has 1 fully saturated rings. The zero-order valence-corrected chi connectivity index (χ0v) is 9.22. The molecule has 0 heterocycles. The minimum atomic E-state index is 1.02. The molecule has 1 saturated carbocycles. The Balaban J connectivity index is 2.09. The molecule has 0 aliphatic heterocycles. The third-order valence-corrected chi connectivity index (χ3v) is 2.96. The molecule has 0 radical (unpaired) electrons. The smallest absolute Gasteiger partial charge is 0.0175 e. The topological polar surface area (TPSA) is 0 Å². The molecule has 64 valence electrons. The van der Waals surface area contributed by atoms with Crippen molar-refractivity contribution in [3.05, 3.63) is 12.2 Å². The van der Waals surface area contributed by atoms with E-state index in [2.05, 4.69) is 34.7 Å². The van der Waals surface area contributed by atoms with Crippen LogP contribution in [0, 0.1) is 5.92 Å². The van der Waals surface area contributed by atoms with E-state index in [9.17, 15) is 0 Å². The van der Waals surface area contributed by atoms with Crippen molar-refractivity contribution in [3.8, 4) is 0 Å². The maximum atomic E-state index is 2.39. The second-order valence-corrected chi connectivity index (χ2v) is 4.25. The molecule has 0 atom stereocenters. The van der Waals surface area contributed by atoms with Crippen molar-refractivity contribution in [2.24, 2.45) is 5.92 Å². The van der Waals surface area contributed by atoms with Gasteiger partial charge in [0.25, 0.3) is 0 Å². The molecule has 0 saturated heterocycles. The fraction of sp³-hybridized carbons (Fsp3) is 0.800. The van der Waals surface area contributed by atoms with E-state index in [-0.39, 0.29) is 0 Å². The lowest BCUT2D eigenvalue weighted by Crippen LogP contribution is -2.04. The van der Waals surface area contributed by atoms with Gasteiger partial charge < -0.3 is 0 Å². The molecule has 0 aromatic carbocycles. The summed E-state index contributed by atoms with van der Waals surface area (Å²) in [5.74, 6) is 1.02. The highest BCUT2D eigenvalue weighted by Gasteiger charge is 2.10. The number of allylic oxidation sites excluding steroid dienone is 2. The molecule has 0 N–H and O–H groups in total. The summed E-state index contributed by atoms with van der Waals surface area (Å²) in [6.07, 6.45) is 13.4. The molecule has 0 aromatic rings. The molecule has 1 rings (SSSR count). The van der Waals surface area contributed by atoms with Crippen LogP contribution in [-0.2, 0) is 0 Å². The van der Waals surface area contributed by atoms with E-state index in [1.54, 1.807) is 0 Å². The van der Waals surface area contributed by atoms with E-state index in [0.717, 1.165) is 5.92 Å². The summed E-state index contributed by atoms with van der Waals surface area (Å²) < 4.78 is 1.17. The van der Waals surface area contributed by atoms with Gasteiger partial charge in [-0.25, -0.2) is 0 Å². The number of hydrogen-bond acceptors (Lipinski definition) is 0. The number of halogens is 1. The van der Waals surface area contributed by atoms with E-state index in [1.807, 2.05) is 0 Å². The first-order chi connectivity index (χ1) is 5.43. The van der Waals surface area contributed by atoms with E-state index in [1.165, 1.54) is 43.0 Å². The Morgan fingerprint density at radius 1 is 1.09 bits per heavy atom. The molecule has 0 aromatic heterocycles. The SMILES string of the molecule is IC/C=C/CC1CCCCC1. The zero-order valence-electron chi connectivity index (χ0n) is 7.06. The van der Waals surface area contributed by atoms with Crippen molar-refractivity contribution >= 4 is 22.6 Å². The molecule has 1 aliphatic carbocycles. The molecule has 0 bridgehead atoms. The normalized spacial score (nSPS) is 21.2. The molecular formula is C10H17I. The molecule has 11 heavy (non-hydrogen) atoms. The standard InChI is InChI=1S/C10H17I/c11-9-5-4-8-10-6-2-1-3-7-10/h4-5,10H,1-3,6-9H2/b5-4+. The van der Waals surface area contributed by atoms with Gasteiger partial charge in [0.15, 0.2) is 0 Å². The van der Waals surface area contributed by atoms with Crippen LogP contribution in [0.5, 0.6) is 0 Å². The Morgan fingerprint density at radius 3 is 2.45 bits per heavy atom. The third-order valence-electron chi connectivity index (χ3n) is 2.45. The van der Waals surface area contributed by atoms with Crippen LogP contribution in [-0.4, -0.2) is 4.43 Å². The molecule has 0 nitrogen and oxygen atoms in total. The molecular weight excluding hydrogens is 247 g/mol. The van der Waals surface area contributed by atoms with Crippen LogP contribution < -0.4 is 0 Å². The summed E-state index contributed by atoms with van der Waals surface area (Å²) in [5, 5.41) is 0. The first-order valence-corrected chi connectivity index (χ1v) is 6.17. The highest BCUT2D eigenvalue weighted by atomic mass is 127. The van der Waals surface area contributed by atoms with Gasteiger partial charge in [0.2, 0.25) is 0 Å². The lowest BCUT2D eigenvalue weighted by molar-refractivity contribution is 0.361. The Labute approximate surface area is 83.6 Å². The van der Waals surface area contributed by atoms with Crippen LogP contribution in [0.4, 0.5) is 0 Å². The van der Waals surface area contributed by atoms with E-state index in [4.69, 9.17) is 0 Å². The average Bonchev–Trinajstić information content (AvgIpc) is 2.07. The van der Waals surface area contributed by atoms with Crippen LogP contribution in [0.2, 0.25) is 0 Å². The average molecular weight is 264 g/mol. The van der Waals surface area contributed by atoms with Crippen LogP contribution in [0.25, 0.3) is 0 Å². The van der Waals surface area contributed by atoms with Crippen LogP contribution in [0.1, 0.15) is 38.5 Å². The van der Waals surface area contributed by atoms with Crippen molar-refractivity contribution in [2.75, 3.05) is 4.43 Å². The predicted octanol–water partition coefficient (Wildman–Crippen LogP) is 3.95. The Bertz CT molecular complexity index is 112. The molecule has 0 amide bonds. The maximum absolute atomic E-state index is 2.39. The van der Waals surface area contributed by atoms with Gasteiger partial charge in [-0.2, -0.15) is 0 Å². The second-order valence-electron chi connectivity index (χ2n) is 3.37. The Morgan fingerprint density at radius 2 is 1.82 bits per heavy atom. The van der Waals surface area contributed by atoms with Gasteiger partial charge in [-0.3, -0.25) is 0 Å². The summed E-state index contributed by atoms with van der Waals surface area (Å²) in [5.41, 5.74) is 0. The third kappa shape index (κ3) is 4.14. The fourth-order valence-corrected chi connectivity index (χ4v) is 2.13. The number of rotatable bonds is 3. The summed E-state index contributed by atoms with van der Waals surface area (Å²) in [4.78, 5) is 0. The maximum Gasteiger partial charge on any atom is 0.0175 e. The summed E-state index contributed by atoms with van der Waals surface area (Å²) >= 11 is 2.39. The van der Waals surface area contributed by atoms with Crippen molar-refractivity contribution in [1.29, 1.82) is 0 Å². The number of hydrogen-bond donors (Lipinski definition) is 0. The van der Waals surface area contributed by atoms with Crippen molar-refractivity contribution in [3.63, 3.8) is 0 Å². The van der Waals surface area contributed by atoms with Crippen molar-refractivity contribution in [2.45, 2.75) is 38.5 Å². The van der Waals surface area contributed by atoms with Crippen LogP contribution >= 0.6 is 22.6 Å². The van der Waals surface area contributed by atoms with Gasteiger partial charge in [-0.05, 0) is 12.3 Å². The van der Waals surface area contributed by atoms with Crippen LogP contribution in [0.3, 0.4) is 0 Å². The minimum absolute atomic E-state index is 1.02. The van der Waals surface area contributed by atoms with Gasteiger partial charge in [0.1, 0.15) is 0 Å². The lowest BCUT2D eigenvalue weighted by atomic mass is 9.87. The van der Waals surface area contributed by atoms with Gasteiger partial charge in [-0.1, -0.05) is 66.8 Å². The predicted molar refractivity (Wildman–Crippen MR) is 59.2 cm³/mol. The molecule has 1 heteroatoms.